The van der Waals surface area contributed by atoms with Gasteiger partial charge >= 0.3 is 0 Å². The number of hydrogen-bond donors (Lipinski definition) is 1. The average molecular weight is 324 g/mol. The van der Waals surface area contributed by atoms with Crippen LogP contribution in [0.5, 0.6) is 0 Å². The van der Waals surface area contributed by atoms with Crippen molar-refractivity contribution >= 4 is 5.91 Å². The van der Waals surface area contributed by atoms with E-state index in [0.717, 1.165) is 49.6 Å². The van der Waals surface area contributed by atoms with E-state index in [2.05, 4.69) is 39.2 Å². The fourth-order valence-corrected chi connectivity index (χ4v) is 3.14. The normalized spacial score (nSPS) is 17.8. The molecule has 0 spiro atoms. The zero-order valence-corrected chi connectivity index (χ0v) is 14.3. The summed E-state index contributed by atoms with van der Waals surface area (Å²) in [5.74, 6) is 1.36. The van der Waals surface area contributed by atoms with Gasteiger partial charge in [-0.25, -0.2) is 9.97 Å². The van der Waals surface area contributed by atoms with Crippen molar-refractivity contribution in [1.29, 1.82) is 0 Å². The Morgan fingerprint density at radius 1 is 1.33 bits per heavy atom. The molecule has 0 saturated carbocycles. The molecule has 5 nitrogen and oxygen atoms in total. The molecule has 1 atom stereocenters. The summed E-state index contributed by atoms with van der Waals surface area (Å²) < 4.78 is 0. The monoisotopic (exact) mass is 324 g/mol. The van der Waals surface area contributed by atoms with Gasteiger partial charge in [-0.05, 0) is 31.9 Å². The standard InChI is InChI=1S/C19H24N4O/c1-14-4-3-5-18(8-14)19-21-10-17(11-22-19)13-23-7-6-16(12-23)9-20-15(2)24/h3-5,8,10-11,16H,6-7,9,12-13H2,1-2H3,(H,20,24)/t16-/m0/s1. The summed E-state index contributed by atoms with van der Waals surface area (Å²) in [4.78, 5) is 22.4. The summed E-state index contributed by atoms with van der Waals surface area (Å²) in [5, 5.41) is 2.91. The minimum Gasteiger partial charge on any atom is -0.356 e. The zero-order chi connectivity index (χ0) is 16.9. The Morgan fingerprint density at radius 2 is 2.12 bits per heavy atom. The number of carbonyl (C=O) groups excluding carboxylic acids is 1. The third-order valence-corrected chi connectivity index (χ3v) is 4.40. The van der Waals surface area contributed by atoms with Crippen LogP contribution < -0.4 is 5.32 Å². The third kappa shape index (κ3) is 4.38. The quantitative estimate of drug-likeness (QED) is 0.917. The number of amides is 1. The number of carbonyl (C=O) groups is 1. The van der Waals surface area contributed by atoms with Gasteiger partial charge in [-0.1, -0.05) is 23.8 Å². The molecule has 1 aromatic heterocycles. The number of nitrogens with one attached hydrogen (secondary N) is 1. The van der Waals surface area contributed by atoms with Crippen molar-refractivity contribution in [1.82, 2.24) is 20.2 Å². The Kier molecular flexibility index (Phi) is 5.20. The molecule has 2 heterocycles. The van der Waals surface area contributed by atoms with Gasteiger partial charge in [-0.15, -0.1) is 0 Å². The van der Waals surface area contributed by atoms with Gasteiger partial charge in [0.25, 0.3) is 0 Å². The molecule has 1 aromatic carbocycles. The van der Waals surface area contributed by atoms with E-state index in [9.17, 15) is 4.79 Å². The predicted octanol–water partition coefficient (Wildman–Crippen LogP) is 2.41. The topological polar surface area (TPSA) is 58.1 Å². The molecule has 1 amide bonds. The average Bonchev–Trinajstić information content (AvgIpc) is 3.01. The molecule has 3 rings (SSSR count). The summed E-state index contributed by atoms with van der Waals surface area (Å²) >= 11 is 0. The number of hydrogen-bond acceptors (Lipinski definition) is 4. The molecule has 24 heavy (non-hydrogen) atoms. The number of aromatic nitrogens is 2. The summed E-state index contributed by atoms with van der Waals surface area (Å²) in [6.45, 7) is 7.35. The summed E-state index contributed by atoms with van der Waals surface area (Å²) in [7, 11) is 0. The highest BCUT2D eigenvalue weighted by Crippen LogP contribution is 2.19. The van der Waals surface area contributed by atoms with Crippen LogP contribution in [0.3, 0.4) is 0 Å². The highest BCUT2D eigenvalue weighted by Gasteiger charge is 2.22. The van der Waals surface area contributed by atoms with Crippen molar-refractivity contribution in [2.75, 3.05) is 19.6 Å². The fraction of sp³-hybridized carbons (Fsp3) is 0.421. The Labute approximate surface area is 143 Å². The van der Waals surface area contributed by atoms with Crippen LogP contribution in [-0.2, 0) is 11.3 Å². The van der Waals surface area contributed by atoms with Gasteiger partial charge in [0.15, 0.2) is 5.82 Å². The van der Waals surface area contributed by atoms with E-state index >= 15 is 0 Å². The molecule has 1 N–H and O–H groups in total. The Morgan fingerprint density at radius 3 is 2.83 bits per heavy atom. The Hall–Kier alpha value is -2.27. The van der Waals surface area contributed by atoms with Crippen molar-refractivity contribution in [2.24, 2.45) is 5.92 Å². The van der Waals surface area contributed by atoms with Gasteiger partial charge in [0, 0.05) is 50.1 Å². The maximum absolute atomic E-state index is 11.0. The lowest BCUT2D eigenvalue weighted by molar-refractivity contribution is -0.119. The van der Waals surface area contributed by atoms with E-state index in [0.29, 0.717) is 5.92 Å². The molecule has 0 unspecified atom stereocenters. The van der Waals surface area contributed by atoms with E-state index in [4.69, 9.17) is 0 Å². The van der Waals surface area contributed by atoms with Crippen molar-refractivity contribution < 1.29 is 4.79 Å². The van der Waals surface area contributed by atoms with Crippen LogP contribution in [0.2, 0.25) is 0 Å². The lowest BCUT2D eigenvalue weighted by atomic mass is 10.1. The second kappa shape index (κ2) is 7.53. The van der Waals surface area contributed by atoms with Gasteiger partial charge in [-0.3, -0.25) is 9.69 Å². The molecule has 0 aliphatic carbocycles. The number of likely N-dealkylation sites (tertiary alicyclic amines) is 1. The molecular weight excluding hydrogens is 300 g/mol. The first kappa shape index (κ1) is 16.6. The van der Waals surface area contributed by atoms with E-state index < -0.39 is 0 Å². The van der Waals surface area contributed by atoms with Gasteiger partial charge in [-0.2, -0.15) is 0 Å². The van der Waals surface area contributed by atoms with Crippen LogP contribution in [-0.4, -0.2) is 40.4 Å². The molecule has 2 aromatic rings. The minimum atomic E-state index is 0.0496. The molecule has 0 radical (unpaired) electrons. The summed E-state index contributed by atoms with van der Waals surface area (Å²) in [6, 6.07) is 8.24. The van der Waals surface area contributed by atoms with Crippen molar-refractivity contribution in [3.8, 4) is 11.4 Å². The lowest BCUT2D eigenvalue weighted by Crippen LogP contribution is -2.29. The van der Waals surface area contributed by atoms with Crippen molar-refractivity contribution in [3.05, 3.63) is 47.8 Å². The van der Waals surface area contributed by atoms with Crippen LogP contribution in [0.1, 0.15) is 24.5 Å². The number of aryl methyl sites for hydroxylation is 1. The fourth-order valence-electron chi connectivity index (χ4n) is 3.14. The second-order valence-electron chi connectivity index (χ2n) is 6.61. The van der Waals surface area contributed by atoms with E-state index in [1.165, 1.54) is 5.56 Å². The maximum Gasteiger partial charge on any atom is 0.216 e. The third-order valence-electron chi connectivity index (χ3n) is 4.40. The van der Waals surface area contributed by atoms with E-state index in [1.807, 2.05) is 24.5 Å². The summed E-state index contributed by atoms with van der Waals surface area (Å²) in [5.41, 5.74) is 3.40. The zero-order valence-electron chi connectivity index (χ0n) is 14.3. The van der Waals surface area contributed by atoms with Crippen molar-refractivity contribution in [3.63, 3.8) is 0 Å². The number of benzene rings is 1. The number of nitrogens with zero attached hydrogens (tertiary/aromatic N) is 3. The molecule has 1 aliphatic rings. The lowest BCUT2D eigenvalue weighted by Gasteiger charge is -2.16. The van der Waals surface area contributed by atoms with Gasteiger partial charge < -0.3 is 5.32 Å². The molecule has 5 heteroatoms. The predicted molar refractivity (Wildman–Crippen MR) is 94.3 cm³/mol. The Bertz CT molecular complexity index is 699. The van der Waals surface area contributed by atoms with Crippen LogP contribution in [0.25, 0.3) is 11.4 Å². The molecular formula is C19H24N4O. The largest absolute Gasteiger partial charge is 0.356 e. The molecule has 126 valence electrons. The number of rotatable bonds is 5. The van der Waals surface area contributed by atoms with Gasteiger partial charge in [0.05, 0.1) is 0 Å². The minimum absolute atomic E-state index is 0.0496. The van der Waals surface area contributed by atoms with Crippen LogP contribution >= 0.6 is 0 Å². The molecule has 1 fully saturated rings. The molecule has 0 bridgehead atoms. The smallest absolute Gasteiger partial charge is 0.216 e. The second-order valence-corrected chi connectivity index (χ2v) is 6.61. The first-order valence-electron chi connectivity index (χ1n) is 8.45. The van der Waals surface area contributed by atoms with Gasteiger partial charge in [0.1, 0.15) is 0 Å². The Balaban J connectivity index is 1.56. The van der Waals surface area contributed by atoms with E-state index in [1.54, 1.807) is 6.92 Å². The van der Waals surface area contributed by atoms with Crippen molar-refractivity contribution in [2.45, 2.75) is 26.8 Å². The molecule has 1 saturated heterocycles. The maximum atomic E-state index is 11.0. The highest BCUT2D eigenvalue weighted by atomic mass is 16.1. The van der Waals surface area contributed by atoms with Crippen LogP contribution in [0.15, 0.2) is 36.7 Å². The van der Waals surface area contributed by atoms with Gasteiger partial charge in [0.2, 0.25) is 5.91 Å². The highest BCUT2D eigenvalue weighted by molar-refractivity contribution is 5.72. The molecule has 1 aliphatic heterocycles. The van der Waals surface area contributed by atoms with Crippen LogP contribution in [0.4, 0.5) is 0 Å². The van der Waals surface area contributed by atoms with Crippen LogP contribution in [0, 0.1) is 12.8 Å². The first-order chi connectivity index (χ1) is 11.6. The first-order valence-corrected chi connectivity index (χ1v) is 8.45. The SMILES string of the molecule is CC(=O)NC[C@@H]1CCN(Cc2cnc(-c3cccc(C)c3)nc2)C1. The summed E-state index contributed by atoms with van der Waals surface area (Å²) in [6.07, 6.45) is 4.97. The van der Waals surface area contributed by atoms with E-state index in [-0.39, 0.29) is 5.91 Å².